The highest BCUT2D eigenvalue weighted by molar-refractivity contribution is 7.12. The van der Waals surface area contributed by atoms with Crippen LogP contribution < -0.4 is 5.32 Å². The second-order valence-electron chi connectivity index (χ2n) is 4.74. The lowest BCUT2D eigenvalue weighted by Crippen LogP contribution is -2.37. The summed E-state index contributed by atoms with van der Waals surface area (Å²) in [5, 5.41) is 3.37. The van der Waals surface area contributed by atoms with E-state index in [1.54, 1.807) is 11.3 Å². The number of hydrogen-bond donors (Lipinski definition) is 1. The lowest BCUT2D eigenvalue weighted by Gasteiger charge is -2.27. The molecule has 0 amide bonds. The third-order valence-corrected chi connectivity index (χ3v) is 4.33. The fourth-order valence-electron chi connectivity index (χ4n) is 2.39. The number of thiophene rings is 1. The van der Waals surface area contributed by atoms with Crippen LogP contribution in [0, 0.1) is 6.92 Å². The predicted octanol–water partition coefficient (Wildman–Crippen LogP) is 1.96. The van der Waals surface area contributed by atoms with Crippen LogP contribution in [-0.2, 0) is 9.53 Å². The van der Waals surface area contributed by atoms with Crippen molar-refractivity contribution >= 4 is 17.3 Å². The normalized spacial score (nSPS) is 18.8. The molecule has 1 saturated heterocycles. The van der Waals surface area contributed by atoms with Crippen molar-refractivity contribution in [3.8, 4) is 0 Å². The Morgan fingerprint density at radius 3 is 3.00 bits per heavy atom. The van der Waals surface area contributed by atoms with Crippen LogP contribution in [0.15, 0.2) is 12.1 Å². The lowest BCUT2D eigenvalue weighted by atomic mass is 10.2. The van der Waals surface area contributed by atoms with E-state index >= 15 is 0 Å². The Kier molecular flexibility index (Phi) is 5.36. The van der Waals surface area contributed by atoms with Gasteiger partial charge in [-0.15, -0.1) is 11.3 Å². The number of nitrogens with one attached hydrogen (secondary N) is 1. The Morgan fingerprint density at radius 1 is 1.47 bits per heavy atom. The first-order chi connectivity index (χ1) is 9.22. The summed E-state index contributed by atoms with van der Waals surface area (Å²) in [6.45, 7) is 8.15. The molecule has 0 bridgehead atoms. The summed E-state index contributed by atoms with van der Waals surface area (Å²) in [6.07, 6.45) is 1.07. The molecule has 1 N–H and O–H groups in total. The molecular formula is C14H22N2O2S. The monoisotopic (exact) mass is 282 g/mol. The van der Waals surface area contributed by atoms with Crippen LogP contribution in [0.5, 0.6) is 0 Å². The maximum absolute atomic E-state index is 12.3. The first kappa shape index (κ1) is 14.5. The van der Waals surface area contributed by atoms with Crippen LogP contribution in [-0.4, -0.2) is 43.7 Å². The second-order valence-corrected chi connectivity index (χ2v) is 6.06. The number of nitrogens with zero attached hydrogens (tertiary/aromatic N) is 1. The highest BCUT2D eigenvalue weighted by Gasteiger charge is 2.30. The zero-order valence-corrected chi connectivity index (χ0v) is 12.5. The zero-order chi connectivity index (χ0) is 13.7. The van der Waals surface area contributed by atoms with E-state index in [2.05, 4.69) is 29.3 Å². The maximum atomic E-state index is 12.3. The molecule has 1 atom stereocenters. The van der Waals surface area contributed by atoms with Gasteiger partial charge in [0.15, 0.2) is 0 Å². The molecule has 0 aliphatic carbocycles. The fraction of sp³-hybridized carbons (Fsp3) is 0.643. The van der Waals surface area contributed by atoms with E-state index in [1.807, 2.05) is 6.92 Å². The van der Waals surface area contributed by atoms with Crippen LogP contribution in [0.4, 0.5) is 0 Å². The van der Waals surface area contributed by atoms with Gasteiger partial charge in [0.1, 0.15) is 6.04 Å². The first-order valence-corrected chi connectivity index (χ1v) is 7.71. The van der Waals surface area contributed by atoms with Crippen LogP contribution in [0.1, 0.15) is 29.1 Å². The van der Waals surface area contributed by atoms with E-state index in [4.69, 9.17) is 4.74 Å². The predicted molar refractivity (Wildman–Crippen MR) is 77.5 cm³/mol. The van der Waals surface area contributed by atoms with Gasteiger partial charge in [0.25, 0.3) is 0 Å². The largest absolute Gasteiger partial charge is 0.465 e. The summed E-state index contributed by atoms with van der Waals surface area (Å²) >= 11 is 1.69. The molecule has 0 radical (unpaired) electrons. The molecular weight excluding hydrogens is 260 g/mol. The molecule has 106 valence electrons. The van der Waals surface area contributed by atoms with Gasteiger partial charge in [0.2, 0.25) is 0 Å². The molecule has 0 aromatic carbocycles. The van der Waals surface area contributed by atoms with Gasteiger partial charge in [-0.2, -0.15) is 0 Å². The van der Waals surface area contributed by atoms with Crippen LogP contribution in [0.25, 0.3) is 0 Å². The van der Waals surface area contributed by atoms with Gasteiger partial charge < -0.3 is 10.1 Å². The zero-order valence-electron chi connectivity index (χ0n) is 11.6. The Morgan fingerprint density at radius 2 is 2.32 bits per heavy atom. The molecule has 1 aliphatic rings. The number of aryl methyl sites for hydroxylation is 1. The van der Waals surface area contributed by atoms with Gasteiger partial charge >= 0.3 is 5.97 Å². The molecule has 1 aromatic rings. The van der Waals surface area contributed by atoms with Gasteiger partial charge in [0, 0.05) is 29.4 Å². The molecule has 1 aliphatic heterocycles. The molecule has 1 fully saturated rings. The van der Waals surface area contributed by atoms with Crippen molar-refractivity contribution in [3.63, 3.8) is 0 Å². The lowest BCUT2D eigenvalue weighted by molar-refractivity contribution is -0.149. The van der Waals surface area contributed by atoms with Crippen LogP contribution >= 0.6 is 11.3 Å². The van der Waals surface area contributed by atoms with Gasteiger partial charge in [-0.1, -0.05) is 0 Å². The molecule has 2 heterocycles. The summed E-state index contributed by atoms with van der Waals surface area (Å²) in [5.74, 6) is -0.119. The fourth-order valence-corrected chi connectivity index (χ4v) is 3.39. The maximum Gasteiger partial charge on any atom is 0.328 e. The molecule has 2 rings (SSSR count). The molecule has 0 saturated carbocycles. The Hall–Kier alpha value is -0.910. The standard InChI is InChI=1S/C14H22N2O2S/c1-3-18-14(17)13(12-6-5-11(2)19-12)16-9-4-7-15-8-10-16/h5-6,13,15H,3-4,7-10H2,1-2H3. The highest BCUT2D eigenvalue weighted by atomic mass is 32.1. The molecule has 1 unspecified atom stereocenters. The minimum Gasteiger partial charge on any atom is -0.465 e. The van der Waals surface area contributed by atoms with Crippen LogP contribution in [0.2, 0.25) is 0 Å². The Balaban J connectivity index is 2.19. The van der Waals surface area contributed by atoms with E-state index in [0.29, 0.717) is 6.61 Å². The van der Waals surface area contributed by atoms with E-state index in [0.717, 1.165) is 37.5 Å². The van der Waals surface area contributed by atoms with Gasteiger partial charge in [0.05, 0.1) is 6.61 Å². The smallest absolute Gasteiger partial charge is 0.328 e. The van der Waals surface area contributed by atoms with Crippen molar-refractivity contribution in [3.05, 3.63) is 21.9 Å². The molecule has 5 heteroatoms. The average molecular weight is 282 g/mol. The van der Waals surface area contributed by atoms with E-state index in [-0.39, 0.29) is 12.0 Å². The van der Waals surface area contributed by atoms with Gasteiger partial charge in [-0.25, -0.2) is 4.79 Å². The molecule has 4 nitrogen and oxygen atoms in total. The van der Waals surface area contributed by atoms with Crippen LogP contribution in [0.3, 0.4) is 0 Å². The van der Waals surface area contributed by atoms with Crippen molar-refractivity contribution in [1.82, 2.24) is 10.2 Å². The summed E-state index contributed by atoms with van der Waals surface area (Å²) in [7, 11) is 0. The van der Waals surface area contributed by atoms with Crippen molar-refractivity contribution < 1.29 is 9.53 Å². The third-order valence-electron chi connectivity index (χ3n) is 3.28. The summed E-state index contributed by atoms with van der Waals surface area (Å²) < 4.78 is 5.27. The number of rotatable bonds is 4. The Bertz CT molecular complexity index is 411. The van der Waals surface area contributed by atoms with Crippen molar-refractivity contribution in [2.75, 3.05) is 32.8 Å². The van der Waals surface area contributed by atoms with Gasteiger partial charge in [-0.05, 0) is 38.9 Å². The van der Waals surface area contributed by atoms with E-state index in [9.17, 15) is 4.79 Å². The highest BCUT2D eigenvalue weighted by Crippen LogP contribution is 2.29. The molecule has 1 aromatic heterocycles. The summed E-state index contributed by atoms with van der Waals surface area (Å²) in [6, 6.07) is 3.89. The van der Waals surface area contributed by atoms with Gasteiger partial charge in [-0.3, -0.25) is 4.90 Å². The first-order valence-electron chi connectivity index (χ1n) is 6.90. The van der Waals surface area contributed by atoms with Crippen molar-refractivity contribution in [1.29, 1.82) is 0 Å². The Labute approximate surface area is 118 Å². The third kappa shape index (κ3) is 3.78. The SMILES string of the molecule is CCOC(=O)C(c1ccc(C)s1)N1CCCNCC1. The summed E-state index contributed by atoms with van der Waals surface area (Å²) in [5.41, 5.74) is 0. The molecule has 0 spiro atoms. The van der Waals surface area contributed by atoms with E-state index < -0.39 is 0 Å². The number of hydrogen-bond acceptors (Lipinski definition) is 5. The van der Waals surface area contributed by atoms with Crippen molar-refractivity contribution in [2.24, 2.45) is 0 Å². The second kappa shape index (κ2) is 7.03. The summed E-state index contributed by atoms with van der Waals surface area (Å²) in [4.78, 5) is 16.9. The number of carbonyl (C=O) groups is 1. The number of ether oxygens (including phenoxy) is 1. The topological polar surface area (TPSA) is 41.6 Å². The molecule has 19 heavy (non-hydrogen) atoms. The minimum absolute atomic E-state index is 0.119. The number of esters is 1. The average Bonchev–Trinajstić information content (AvgIpc) is 2.65. The van der Waals surface area contributed by atoms with Crippen molar-refractivity contribution in [2.45, 2.75) is 26.3 Å². The number of carbonyl (C=O) groups excluding carboxylic acids is 1. The minimum atomic E-state index is -0.237. The quantitative estimate of drug-likeness (QED) is 0.857. The van der Waals surface area contributed by atoms with E-state index in [1.165, 1.54) is 4.88 Å².